The molecule has 2 N–H and O–H groups in total. The van der Waals surface area contributed by atoms with Gasteiger partial charge in [-0.2, -0.15) is 0 Å². The van der Waals surface area contributed by atoms with Crippen LogP contribution in [0.2, 0.25) is 0 Å². The molecule has 0 aromatic rings. The summed E-state index contributed by atoms with van der Waals surface area (Å²) < 4.78 is 5.56. The number of likely N-dealkylation sites (N-methyl/N-ethyl adjacent to an activating group) is 1. The van der Waals surface area contributed by atoms with E-state index in [2.05, 4.69) is 26.1 Å². The van der Waals surface area contributed by atoms with Crippen LogP contribution in [0.25, 0.3) is 0 Å². The molecule has 0 saturated heterocycles. The Bertz CT molecular complexity index is 164. The van der Waals surface area contributed by atoms with E-state index in [1.807, 2.05) is 0 Å². The van der Waals surface area contributed by atoms with Gasteiger partial charge in [-0.05, 0) is 39.2 Å². The lowest BCUT2D eigenvalue weighted by Gasteiger charge is -2.28. The van der Waals surface area contributed by atoms with Gasteiger partial charge in [0.1, 0.15) is 0 Å². The summed E-state index contributed by atoms with van der Waals surface area (Å²) in [5.74, 6) is 0. The zero-order valence-electron chi connectivity index (χ0n) is 11.9. The van der Waals surface area contributed by atoms with Gasteiger partial charge >= 0.3 is 0 Å². The summed E-state index contributed by atoms with van der Waals surface area (Å²) in [6, 6.07) is 0. The molecule has 3 heteroatoms. The highest BCUT2D eigenvalue weighted by atomic mass is 16.5. The van der Waals surface area contributed by atoms with Crippen molar-refractivity contribution in [2.75, 3.05) is 26.4 Å². The molecule has 3 nitrogen and oxygen atoms in total. The number of aliphatic hydroxyl groups is 1. The van der Waals surface area contributed by atoms with Crippen molar-refractivity contribution < 1.29 is 9.84 Å². The third-order valence-corrected chi connectivity index (χ3v) is 3.11. The van der Waals surface area contributed by atoms with Gasteiger partial charge in [0.2, 0.25) is 0 Å². The first-order valence-electron chi connectivity index (χ1n) is 7.12. The molecule has 1 unspecified atom stereocenters. The number of hydrogen-bond donors (Lipinski definition) is 2. The Hall–Kier alpha value is -0.120. The first-order valence-corrected chi connectivity index (χ1v) is 7.12. The SMILES string of the molecule is CCCCCOCCCCC(C)(CO)NCC. The van der Waals surface area contributed by atoms with E-state index in [-0.39, 0.29) is 12.1 Å². The molecular formula is C14H31NO2. The normalized spacial score (nSPS) is 14.8. The number of rotatable bonds is 12. The van der Waals surface area contributed by atoms with Crippen molar-refractivity contribution in [1.82, 2.24) is 5.32 Å². The fraction of sp³-hybridized carbons (Fsp3) is 1.00. The summed E-state index contributed by atoms with van der Waals surface area (Å²) in [4.78, 5) is 0. The van der Waals surface area contributed by atoms with Gasteiger partial charge in [-0.1, -0.05) is 26.7 Å². The van der Waals surface area contributed by atoms with Gasteiger partial charge in [-0.25, -0.2) is 0 Å². The summed E-state index contributed by atoms with van der Waals surface area (Å²) in [5, 5.41) is 12.7. The standard InChI is InChI=1S/C14H31NO2/c1-4-6-8-11-17-12-9-7-10-14(3,13-16)15-5-2/h15-16H,4-13H2,1-3H3. The van der Waals surface area contributed by atoms with Crippen LogP contribution in [0.3, 0.4) is 0 Å². The molecule has 0 aromatic heterocycles. The predicted octanol–water partition coefficient (Wildman–Crippen LogP) is 2.72. The molecule has 0 aliphatic heterocycles. The Morgan fingerprint density at radius 3 is 2.24 bits per heavy atom. The van der Waals surface area contributed by atoms with E-state index in [4.69, 9.17) is 4.74 Å². The van der Waals surface area contributed by atoms with Crippen LogP contribution in [-0.4, -0.2) is 37.0 Å². The van der Waals surface area contributed by atoms with Gasteiger partial charge in [0.25, 0.3) is 0 Å². The van der Waals surface area contributed by atoms with Crippen molar-refractivity contribution in [3.8, 4) is 0 Å². The molecule has 104 valence electrons. The van der Waals surface area contributed by atoms with Crippen LogP contribution in [0.15, 0.2) is 0 Å². The zero-order chi connectivity index (χ0) is 13.0. The molecule has 0 saturated carbocycles. The minimum absolute atomic E-state index is 0.114. The maximum Gasteiger partial charge on any atom is 0.0610 e. The number of aliphatic hydroxyl groups excluding tert-OH is 1. The number of unbranched alkanes of at least 4 members (excludes halogenated alkanes) is 3. The van der Waals surface area contributed by atoms with Crippen molar-refractivity contribution >= 4 is 0 Å². The average molecular weight is 245 g/mol. The molecule has 0 aliphatic carbocycles. The largest absolute Gasteiger partial charge is 0.394 e. The molecule has 0 amide bonds. The van der Waals surface area contributed by atoms with Crippen LogP contribution in [0.4, 0.5) is 0 Å². The first kappa shape index (κ1) is 16.9. The van der Waals surface area contributed by atoms with Gasteiger partial charge in [0.15, 0.2) is 0 Å². The average Bonchev–Trinajstić information content (AvgIpc) is 2.33. The van der Waals surface area contributed by atoms with Crippen LogP contribution in [-0.2, 0) is 4.74 Å². The molecule has 0 rings (SSSR count). The van der Waals surface area contributed by atoms with Crippen LogP contribution in [0.5, 0.6) is 0 Å². The third kappa shape index (κ3) is 9.57. The van der Waals surface area contributed by atoms with Crippen molar-refractivity contribution in [2.45, 2.75) is 64.8 Å². The van der Waals surface area contributed by atoms with Gasteiger partial charge in [0, 0.05) is 18.8 Å². The second-order valence-electron chi connectivity index (χ2n) is 5.03. The molecule has 0 bridgehead atoms. The summed E-state index contributed by atoms with van der Waals surface area (Å²) in [5.41, 5.74) is -0.114. The summed E-state index contributed by atoms with van der Waals surface area (Å²) in [7, 11) is 0. The molecular weight excluding hydrogens is 214 g/mol. The fourth-order valence-corrected chi connectivity index (χ4v) is 1.93. The summed E-state index contributed by atoms with van der Waals surface area (Å²) in [6.45, 7) is 9.23. The van der Waals surface area contributed by atoms with Crippen LogP contribution >= 0.6 is 0 Å². The Morgan fingerprint density at radius 2 is 1.71 bits per heavy atom. The number of nitrogens with one attached hydrogen (secondary N) is 1. The van der Waals surface area contributed by atoms with E-state index < -0.39 is 0 Å². The van der Waals surface area contributed by atoms with E-state index in [1.54, 1.807) is 0 Å². The Labute approximate surface area is 107 Å². The van der Waals surface area contributed by atoms with Crippen LogP contribution in [0, 0.1) is 0 Å². The van der Waals surface area contributed by atoms with E-state index in [9.17, 15) is 5.11 Å². The Kier molecular flexibility index (Phi) is 10.9. The van der Waals surface area contributed by atoms with Crippen LogP contribution < -0.4 is 5.32 Å². The maximum atomic E-state index is 9.32. The monoisotopic (exact) mass is 245 g/mol. The first-order chi connectivity index (χ1) is 8.18. The lowest BCUT2D eigenvalue weighted by molar-refractivity contribution is 0.119. The van der Waals surface area contributed by atoms with Crippen molar-refractivity contribution in [2.24, 2.45) is 0 Å². The zero-order valence-corrected chi connectivity index (χ0v) is 11.9. The highest BCUT2D eigenvalue weighted by Crippen LogP contribution is 2.13. The molecule has 17 heavy (non-hydrogen) atoms. The lowest BCUT2D eigenvalue weighted by atomic mass is 9.96. The lowest BCUT2D eigenvalue weighted by Crippen LogP contribution is -2.45. The van der Waals surface area contributed by atoms with Gasteiger partial charge in [-0.3, -0.25) is 0 Å². The Balaban J connectivity index is 3.37. The molecule has 0 aromatic carbocycles. The predicted molar refractivity (Wildman–Crippen MR) is 73.4 cm³/mol. The smallest absolute Gasteiger partial charge is 0.0610 e. The van der Waals surface area contributed by atoms with E-state index in [0.717, 1.165) is 39.0 Å². The molecule has 0 fully saturated rings. The van der Waals surface area contributed by atoms with Gasteiger partial charge in [-0.15, -0.1) is 0 Å². The molecule has 0 spiro atoms. The van der Waals surface area contributed by atoms with E-state index in [0.29, 0.717) is 0 Å². The fourth-order valence-electron chi connectivity index (χ4n) is 1.93. The quantitative estimate of drug-likeness (QED) is 0.519. The maximum absolute atomic E-state index is 9.32. The van der Waals surface area contributed by atoms with Crippen molar-refractivity contribution in [3.63, 3.8) is 0 Å². The van der Waals surface area contributed by atoms with Crippen LogP contribution in [0.1, 0.15) is 59.3 Å². The third-order valence-electron chi connectivity index (χ3n) is 3.11. The molecule has 0 heterocycles. The van der Waals surface area contributed by atoms with Crippen molar-refractivity contribution in [3.05, 3.63) is 0 Å². The second-order valence-corrected chi connectivity index (χ2v) is 5.03. The van der Waals surface area contributed by atoms with Crippen molar-refractivity contribution in [1.29, 1.82) is 0 Å². The molecule has 0 radical (unpaired) electrons. The number of hydrogen-bond acceptors (Lipinski definition) is 3. The Morgan fingerprint density at radius 1 is 1.06 bits per heavy atom. The summed E-state index contributed by atoms with van der Waals surface area (Å²) in [6.07, 6.45) is 6.91. The second kappa shape index (κ2) is 11.0. The highest BCUT2D eigenvalue weighted by molar-refractivity contribution is 4.81. The van der Waals surface area contributed by atoms with E-state index in [1.165, 1.54) is 19.3 Å². The highest BCUT2D eigenvalue weighted by Gasteiger charge is 2.20. The van der Waals surface area contributed by atoms with E-state index >= 15 is 0 Å². The van der Waals surface area contributed by atoms with Gasteiger partial charge in [0.05, 0.1) is 6.61 Å². The minimum atomic E-state index is -0.114. The molecule has 1 atom stereocenters. The topological polar surface area (TPSA) is 41.5 Å². The summed E-state index contributed by atoms with van der Waals surface area (Å²) >= 11 is 0. The molecule has 0 aliphatic rings. The number of ether oxygens (including phenoxy) is 1. The van der Waals surface area contributed by atoms with Gasteiger partial charge < -0.3 is 15.2 Å². The minimum Gasteiger partial charge on any atom is -0.394 e.